The Morgan fingerprint density at radius 3 is 2.83 bits per heavy atom. The standard InChI is InChI=1S/C15H23FN2/c1-18(12-14-5-8-17-9-6-14)10-7-13-3-2-4-15(16)11-13/h2-4,11,14,17H,5-10,12H2,1H3. The molecule has 0 radical (unpaired) electrons. The molecule has 1 fully saturated rings. The van der Waals surface area contributed by atoms with Crippen molar-refractivity contribution in [1.82, 2.24) is 10.2 Å². The molecule has 0 aliphatic carbocycles. The first-order valence-corrected chi connectivity index (χ1v) is 6.88. The normalized spacial score (nSPS) is 17.3. The number of piperidine rings is 1. The van der Waals surface area contributed by atoms with E-state index in [1.807, 2.05) is 6.07 Å². The minimum absolute atomic E-state index is 0.131. The van der Waals surface area contributed by atoms with Crippen molar-refractivity contribution in [3.63, 3.8) is 0 Å². The molecule has 0 aromatic heterocycles. The maximum absolute atomic E-state index is 13.0. The van der Waals surface area contributed by atoms with E-state index in [0.717, 1.165) is 44.1 Å². The Kier molecular flexibility index (Phi) is 5.14. The van der Waals surface area contributed by atoms with Crippen LogP contribution in [0.25, 0.3) is 0 Å². The molecule has 18 heavy (non-hydrogen) atoms. The Labute approximate surface area is 109 Å². The van der Waals surface area contributed by atoms with Crippen LogP contribution < -0.4 is 5.32 Å². The minimum Gasteiger partial charge on any atom is -0.317 e. The fourth-order valence-electron chi connectivity index (χ4n) is 2.61. The number of rotatable bonds is 5. The van der Waals surface area contributed by atoms with Gasteiger partial charge in [-0.05, 0) is 63.0 Å². The van der Waals surface area contributed by atoms with E-state index < -0.39 is 0 Å². The molecule has 1 aromatic carbocycles. The smallest absolute Gasteiger partial charge is 0.123 e. The summed E-state index contributed by atoms with van der Waals surface area (Å²) in [5, 5.41) is 3.39. The maximum atomic E-state index is 13.0. The molecule has 0 saturated carbocycles. The molecule has 0 bridgehead atoms. The average molecular weight is 250 g/mol. The van der Waals surface area contributed by atoms with E-state index in [1.165, 1.54) is 18.9 Å². The van der Waals surface area contributed by atoms with Crippen molar-refractivity contribution in [3.05, 3.63) is 35.6 Å². The van der Waals surface area contributed by atoms with Gasteiger partial charge >= 0.3 is 0 Å². The van der Waals surface area contributed by atoms with E-state index >= 15 is 0 Å². The Morgan fingerprint density at radius 1 is 1.33 bits per heavy atom. The summed E-state index contributed by atoms with van der Waals surface area (Å²) in [6.07, 6.45) is 3.49. The van der Waals surface area contributed by atoms with Crippen molar-refractivity contribution in [3.8, 4) is 0 Å². The lowest BCUT2D eigenvalue weighted by Crippen LogP contribution is -2.35. The van der Waals surface area contributed by atoms with Gasteiger partial charge in [-0.1, -0.05) is 12.1 Å². The van der Waals surface area contributed by atoms with Gasteiger partial charge in [0.2, 0.25) is 0 Å². The summed E-state index contributed by atoms with van der Waals surface area (Å²) in [6.45, 7) is 4.48. The Balaban J connectivity index is 1.72. The van der Waals surface area contributed by atoms with Crippen LogP contribution in [0.2, 0.25) is 0 Å². The maximum Gasteiger partial charge on any atom is 0.123 e. The van der Waals surface area contributed by atoms with Crippen LogP contribution in [-0.4, -0.2) is 38.1 Å². The second kappa shape index (κ2) is 6.86. The molecule has 2 rings (SSSR count). The van der Waals surface area contributed by atoms with Crippen molar-refractivity contribution in [2.45, 2.75) is 19.3 Å². The SMILES string of the molecule is CN(CCc1cccc(F)c1)CC1CCNCC1. The molecular weight excluding hydrogens is 227 g/mol. The third-order valence-electron chi connectivity index (χ3n) is 3.70. The minimum atomic E-state index is -0.131. The van der Waals surface area contributed by atoms with Crippen LogP contribution in [0.5, 0.6) is 0 Å². The van der Waals surface area contributed by atoms with Crippen LogP contribution in [0.4, 0.5) is 4.39 Å². The third kappa shape index (κ3) is 4.39. The highest BCUT2D eigenvalue weighted by Gasteiger charge is 2.14. The Hall–Kier alpha value is -0.930. The molecule has 1 aromatic rings. The molecule has 0 amide bonds. The van der Waals surface area contributed by atoms with E-state index in [-0.39, 0.29) is 5.82 Å². The fourth-order valence-corrected chi connectivity index (χ4v) is 2.61. The summed E-state index contributed by atoms with van der Waals surface area (Å²) in [6, 6.07) is 6.93. The van der Waals surface area contributed by atoms with Crippen molar-refractivity contribution >= 4 is 0 Å². The molecule has 0 unspecified atom stereocenters. The number of halogens is 1. The lowest BCUT2D eigenvalue weighted by Gasteiger charge is -2.27. The van der Waals surface area contributed by atoms with Gasteiger partial charge < -0.3 is 10.2 Å². The Morgan fingerprint density at radius 2 is 2.11 bits per heavy atom. The second-order valence-electron chi connectivity index (χ2n) is 5.34. The number of hydrogen-bond acceptors (Lipinski definition) is 2. The van der Waals surface area contributed by atoms with Crippen LogP contribution in [0, 0.1) is 11.7 Å². The number of nitrogens with one attached hydrogen (secondary N) is 1. The van der Waals surface area contributed by atoms with E-state index in [0.29, 0.717) is 0 Å². The lowest BCUT2D eigenvalue weighted by atomic mass is 9.97. The van der Waals surface area contributed by atoms with Gasteiger partial charge in [0.15, 0.2) is 0 Å². The number of nitrogens with zero attached hydrogens (tertiary/aromatic N) is 1. The summed E-state index contributed by atoms with van der Waals surface area (Å²) in [5.74, 6) is 0.692. The summed E-state index contributed by atoms with van der Waals surface area (Å²) in [5.41, 5.74) is 1.09. The van der Waals surface area contributed by atoms with E-state index in [4.69, 9.17) is 0 Å². The van der Waals surface area contributed by atoms with E-state index in [2.05, 4.69) is 17.3 Å². The molecule has 3 heteroatoms. The monoisotopic (exact) mass is 250 g/mol. The molecule has 2 nitrogen and oxygen atoms in total. The first-order chi connectivity index (χ1) is 8.74. The van der Waals surface area contributed by atoms with Crippen LogP contribution in [0.1, 0.15) is 18.4 Å². The number of likely N-dealkylation sites (N-methyl/N-ethyl adjacent to an activating group) is 1. The zero-order chi connectivity index (χ0) is 12.8. The van der Waals surface area contributed by atoms with Gasteiger partial charge in [-0.3, -0.25) is 0 Å². The van der Waals surface area contributed by atoms with Crippen molar-refractivity contribution in [2.24, 2.45) is 5.92 Å². The Bertz CT molecular complexity index is 361. The van der Waals surface area contributed by atoms with Crippen molar-refractivity contribution < 1.29 is 4.39 Å². The predicted octanol–water partition coefficient (Wildman–Crippen LogP) is 2.30. The van der Waals surface area contributed by atoms with Gasteiger partial charge in [-0.15, -0.1) is 0 Å². The highest BCUT2D eigenvalue weighted by molar-refractivity contribution is 5.16. The molecule has 1 saturated heterocycles. The molecule has 0 atom stereocenters. The quantitative estimate of drug-likeness (QED) is 0.862. The summed E-state index contributed by atoms with van der Waals surface area (Å²) in [4.78, 5) is 2.38. The van der Waals surface area contributed by atoms with Crippen molar-refractivity contribution in [1.29, 1.82) is 0 Å². The number of benzene rings is 1. The van der Waals surface area contributed by atoms with Gasteiger partial charge in [0, 0.05) is 13.1 Å². The zero-order valence-corrected chi connectivity index (χ0v) is 11.2. The first-order valence-electron chi connectivity index (χ1n) is 6.88. The highest BCUT2D eigenvalue weighted by Crippen LogP contribution is 2.13. The van der Waals surface area contributed by atoms with E-state index in [9.17, 15) is 4.39 Å². The molecule has 1 aliphatic heterocycles. The highest BCUT2D eigenvalue weighted by atomic mass is 19.1. The van der Waals surface area contributed by atoms with Crippen LogP contribution in [0.15, 0.2) is 24.3 Å². The summed E-state index contributed by atoms with van der Waals surface area (Å²) >= 11 is 0. The number of hydrogen-bond donors (Lipinski definition) is 1. The summed E-state index contributed by atoms with van der Waals surface area (Å²) in [7, 11) is 2.17. The third-order valence-corrected chi connectivity index (χ3v) is 3.70. The van der Waals surface area contributed by atoms with Crippen LogP contribution >= 0.6 is 0 Å². The second-order valence-corrected chi connectivity index (χ2v) is 5.34. The van der Waals surface area contributed by atoms with Gasteiger partial charge in [-0.25, -0.2) is 4.39 Å². The summed E-state index contributed by atoms with van der Waals surface area (Å²) < 4.78 is 13.0. The van der Waals surface area contributed by atoms with Gasteiger partial charge in [0.25, 0.3) is 0 Å². The topological polar surface area (TPSA) is 15.3 Å². The van der Waals surface area contributed by atoms with E-state index in [1.54, 1.807) is 12.1 Å². The molecule has 1 heterocycles. The van der Waals surface area contributed by atoms with Crippen molar-refractivity contribution in [2.75, 3.05) is 33.2 Å². The molecule has 100 valence electrons. The predicted molar refractivity (Wildman–Crippen MR) is 73.2 cm³/mol. The molecular formula is C15H23FN2. The lowest BCUT2D eigenvalue weighted by molar-refractivity contribution is 0.242. The van der Waals surface area contributed by atoms with Gasteiger partial charge in [0.05, 0.1) is 0 Å². The largest absolute Gasteiger partial charge is 0.317 e. The first kappa shape index (κ1) is 13.5. The van der Waals surface area contributed by atoms with Crippen LogP contribution in [-0.2, 0) is 6.42 Å². The van der Waals surface area contributed by atoms with Gasteiger partial charge in [-0.2, -0.15) is 0 Å². The molecule has 1 N–H and O–H groups in total. The van der Waals surface area contributed by atoms with Crippen LogP contribution in [0.3, 0.4) is 0 Å². The molecule has 1 aliphatic rings. The fraction of sp³-hybridized carbons (Fsp3) is 0.600. The van der Waals surface area contributed by atoms with Gasteiger partial charge in [0.1, 0.15) is 5.82 Å². The zero-order valence-electron chi connectivity index (χ0n) is 11.2. The average Bonchev–Trinajstić information content (AvgIpc) is 2.38. The molecule has 0 spiro atoms.